The molecule has 0 radical (unpaired) electrons. The summed E-state index contributed by atoms with van der Waals surface area (Å²) in [6.07, 6.45) is 3.57. The van der Waals surface area contributed by atoms with E-state index in [1.165, 1.54) is 11.8 Å². The average molecular weight is 368 g/mol. The number of nitrogens with one attached hydrogen (secondary N) is 1. The molecule has 0 aliphatic heterocycles. The van der Waals surface area contributed by atoms with Gasteiger partial charge in [0, 0.05) is 23.4 Å². The molecule has 7 heteroatoms. The Kier molecular flexibility index (Phi) is 5.91. The Balaban J connectivity index is 1.55. The molecule has 0 fully saturated rings. The van der Waals surface area contributed by atoms with Crippen molar-refractivity contribution in [1.82, 2.24) is 14.8 Å². The average Bonchev–Trinajstić information content (AvgIpc) is 3.10. The second kappa shape index (κ2) is 8.53. The van der Waals surface area contributed by atoms with Crippen LogP contribution in [-0.4, -0.2) is 33.0 Å². The Morgan fingerprint density at radius 1 is 1.23 bits per heavy atom. The molecule has 1 N–H and O–H groups in total. The zero-order valence-electron chi connectivity index (χ0n) is 14.6. The van der Waals surface area contributed by atoms with Gasteiger partial charge in [-0.2, -0.15) is 5.10 Å². The van der Waals surface area contributed by atoms with Crippen LogP contribution in [0.5, 0.6) is 5.75 Å². The summed E-state index contributed by atoms with van der Waals surface area (Å²) < 4.78 is 6.89. The molecule has 0 saturated carbocycles. The fraction of sp³-hybridized carbons (Fsp3) is 0.211. The van der Waals surface area contributed by atoms with Crippen LogP contribution in [0.2, 0.25) is 0 Å². The lowest BCUT2D eigenvalue weighted by atomic mass is 10.3. The highest BCUT2D eigenvalue weighted by Crippen LogP contribution is 2.26. The number of carbonyl (C=O) groups is 1. The normalized spacial score (nSPS) is 11.8. The van der Waals surface area contributed by atoms with Crippen molar-refractivity contribution < 1.29 is 9.53 Å². The van der Waals surface area contributed by atoms with Crippen LogP contribution < -0.4 is 10.1 Å². The number of pyridine rings is 1. The van der Waals surface area contributed by atoms with E-state index >= 15 is 0 Å². The fourth-order valence-electron chi connectivity index (χ4n) is 2.31. The minimum absolute atomic E-state index is 0.0890. The van der Waals surface area contributed by atoms with Crippen LogP contribution >= 0.6 is 11.8 Å². The molecule has 0 unspecified atom stereocenters. The van der Waals surface area contributed by atoms with Gasteiger partial charge in [0.15, 0.2) is 5.82 Å². The lowest BCUT2D eigenvalue weighted by Gasteiger charge is -2.11. The maximum absolute atomic E-state index is 12.4. The monoisotopic (exact) mass is 368 g/mol. The summed E-state index contributed by atoms with van der Waals surface area (Å²) in [7, 11) is 1.63. The zero-order chi connectivity index (χ0) is 18.4. The first-order valence-corrected chi connectivity index (χ1v) is 9.07. The predicted molar refractivity (Wildman–Crippen MR) is 103 cm³/mol. The number of rotatable bonds is 7. The van der Waals surface area contributed by atoms with E-state index in [9.17, 15) is 4.79 Å². The van der Waals surface area contributed by atoms with Gasteiger partial charge in [-0.05, 0) is 43.3 Å². The molecule has 0 spiro atoms. The predicted octanol–water partition coefficient (Wildman–Crippen LogP) is 3.45. The fourth-order valence-corrected chi connectivity index (χ4v) is 3.18. The van der Waals surface area contributed by atoms with E-state index in [-0.39, 0.29) is 11.2 Å². The Hall–Kier alpha value is -2.80. The van der Waals surface area contributed by atoms with Crippen molar-refractivity contribution in [3.63, 3.8) is 0 Å². The van der Waals surface area contributed by atoms with Crippen LogP contribution in [-0.2, 0) is 11.3 Å². The molecule has 1 aromatic carbocycles. The summed E-state index contributed by atoms with van der Waals surface area (Å²) in [6.45, 7) is 2.43. The quantitative estimate of drug-likeness (QED) is 0.647. The third-order valence-electron chi connectivity index (χ3n) is 3.68. The number of hydrogen-bond acceptors (Lipinski definition) is 5. The number of anilines is 1. The van der Waals surface area contributed by atoms with Gasteiger partial charge in [-0.15, -0.1) is 11.8 Å². The van der Waals surface area contributed by atoms with Gasteiger partial charge in [0.05, 0.1) is 24.6 Å². The Labute approximate surface area is 156 Å². The third kappa shape index (κ3) is 4.86. The summed E-state index contributed by atoms with van der Waals surface area (Å²) in [5.74, 6) is 1.24. The van der Waals surface area contributed by atoms with Crippen molar-refractivity contribution in [1.29, 1.82) is 0 Å². The minimum atomic E-state index is -0.246. The first-order valence-electron chi connectivity index (χ1n) is 8.19. The lowest BCUT2D eigenvalue weighted by Crippen LogP contribution is -2.22. The van der Waals surface area contributed by atoms with Gasteiger partial charge in [0.25, 0.3) is 0 Å². The highest BCUT2D eigenvalue weighted by atomic mass is 32.2. The molecular weight excluding hydrogens is 348 g/mol. The lowest BCUT2D eigenvalue weighted by molar-refractivity contribution is -0.115. The van der Waals surface area contributed by atoms with Crippen LogP contribution in [0.15, 0.2) is 65.8 Å². The van der Waals surface area contributed by atoms with Gasteiger partial charge in [0.2, 0.25) is 5.91 Å². The number of nitrogens with zero attached hydrogens (tertiary/aromatic N) is 3. The van der Waals surface area contributed by atoms with Crippen molar-refractivity contribution in [2.75, 3.05) is 12.4 Å². The topological polar surface area (TPSA) is 69.0 Å². The molecule has 2 heterocycles. The molecule has 3 aromatic rings. The highest BCUT2D eigenvalue weighted by molar-refractivity contribution is 8.00. The van der Waals surface area contributed by atoms with E-state index in [0.29, 0.717) is 12.4 Å². The summed E-state index contributed by atoms with van der Waals surface area (Å²) in [6, 6.07) is 15.2. The highest BCUT2D eigenvalue weighted by Gasteiger charge is 2.15. The van der Waals surface area contributed by atoms with Gasteiger partial charge >= 0.3 is 0 Å². The largest absolute Gasteiger partial charge is 0.497 e. The molecule has 0 saturated heterocycles. The van der Waals surface area contributed by atoms with E-state index in [0.717, 1.165) is 16.3 Å². The minimum Gasteiger partial charge on any atom is -0.497 e. The summed E-state index contributed by atoms with van der Waals surface area (Å²) in [4.78, 5) is 17.7. The smallest absolute Gasteiger partial charge is 0.238 e. The molecule has 26 heavy (non-hydrogen) atoms. The first-order chi connectivity index (χ1) is 12.6. The standard InChI is InChI=1S/C19H20N4O2S/c1-14(26-17-8-6-16(25-2)7-9-17)19(24)21-18-10-12-23(22-18)13-15-5-3-4-11-20-15/h3-12,14H,13H2,1-2H3,(H,21,22,24)/t14-/m1/s1. The number of aromatic nitrogens is 3. The second-order valence-electron chi connectivity index (χ2n) is 5.64. The Bertz CT molecular complexity index is 849. The molecule has 0 aliphatic carbocycles. The number of thioether (sulfide) groups is 1. The molecule has 1 atom stereocenters. The van der Waals surface area contributed by atoms with Gasteiger partial charge in [-0.25, -0.2) is 0 Å². The molecule has 3 rings (SSSR count). The Morgan fingerprint density at radius 3 is 2.73 bits per heavy atom. The molecule has 6 nitrogen and oxygen atoms in total. The van der Waals surface area contributed by atoms with Gasteiger partial charge in [-0.3, -0.25) is 14.5 Å². The van der Waals surface area contributed by atoms with Crippen LogP contribution in [0, 0.1) is 0 Å². The Morgan fingerprint density at radius 2 is 2.04 bits per heavy atom. The molecule has 0 aliphatic rings. The van der Waals surface area contributed by atoms with Crippen LogP contribution in [0.4, 0.5) is 5.82 Å². The van der Waals surface area contributed by atoms with Crippen molar-refractivity contribution in [2.24, 2.45) is 0 Å². The van der Waals surface area contributed by atoms with Crippen LogP contribution in [0.25, 0.3) is 0 Å². The van der Waals surface area contributed by atoms with Gasteiger partial charge in [-0.1, -0.05) is 6.07 Å². The number of methoxy groups -OCH3 is 1. The number of hydrogen-bond donors (Lipinski definition) is 1. The van der Waals surface area contributed by atoms with Gasteiger partial charge < -0.3 is 10.1 Å². The molecule has 134 valence electrons. The summed E-state index contributed by atoms with van der Waals surface area (Å²) in [5.41, 5.74) is 0.914. The van der Waals surface area contributed by atoms with E-state index in [2.05, 4.69) is 15.4 Å². The zero-order valence-corrected chi connectivity index (χ0v) is 15.4. The molecular formula is C19H20N4O2S. The summed E-state index contributed by atoms with van der Waals surface area (Å²) in [5, 5.41) is 6.98. The van der Waals surface area contributed by atoms with Crippen LogP contribution in [0.3, 0.4) is 0 Å². The number of benzene rings is 1. The number of ether oxygens (including phenoxy) is 1. The van der Waals surface area contributed by atoms with Crippen molar-refractivity contribution in [3.05, 3.63) is 66.6 Å². The molecule has 0 bridgehead atoms. The third-order valence-corrected chi connectivity index (χ3v) is 4.80. The summed E-state index contributed by atoms with van der Waals surface area (Å²) >= 11 is 1.49. The molecule has 2 aromatic heterocycles. The number of amides is 1. The first kappa shape index (κ1) is 18.0. The van der Waals surface area contributed by atoms with Crippen LogP contribution in [0.1, 0.15) is 12.6 Å². The SMILES string of the molecule is COc1ccc(S[C@H](C)C(=O)Nc2ccn(Cc3ccccn3)n2)cc1. The number of carbonyl (C=O) groups excluding carboxylic acids is 1. The van der Waals surface area contributed by atoms with Crippen molar-refractivity contribution in [3.8, 4) is 5.75 Å². The van der Waals surface area contributed by atoms with Crippen molar-refractivity contribution >= 4 is 23.5 Å². The van der Waals surface area contributed by atoms with E-state index in [1.807, 2.05) is 55.6 Å². The van der Waals surface area contributed by atoms with Gasteiger partial charge in [0.1, 0.15) is 5.75 Å². The maximum atomic E-state index is 12.4. The van der Waals surface area contributed by atoms with E-state index < -0.39 is 0 Å². The maximum Gasteiger partial charge on any atom is 0.238 e. The van der Waals surface area contributed by atoms with Crippen molar-refractivity contribution in [2.45, 2.75) is 23.6 Å². The van der Waals surface area contributed by atoms with E-state index in [4.69, 9.17) is 4.74 Å². The second-order valence-corrected chi connectivity index (χ2v) is 7.06. The molecule has 1 amide bonds. The van der Waals surface area contributed by atoms with E-state index in [1.54, 1.807) is 24.1 Å².